The highest BCUT2D eigenvalue weighted by Crippen LogP contribution is 2.65. The van der Waals surface area contributed by atoms with Crippen molar-refractivity contribution in [1.82, 2.24) is 5.32 Å². The Kier molecular flexibility index (Phi) is 8.03. The normalized spacial score (nSPS) is 18.0. The molecule has 2 aromatic carbocycles. The number of hydrogen-bond acceptors (Lipinski definition) is 13. The first-order chi connectivity index (χ1) is 20.5. The molecule has 14 heteroatoms. The molecular formula is C29H20N2O10S2. The molecule has 3 heterocycles. The number of thioether (sulfide) groups is 2. The van der Waals surface area contributed by atoms with E-state index in [0.29, 0.717) is 5.56 Å². The Morgan fingerprint density at radius 1 is 0.930 bits per heavy atom. The predicted octanol–water partition coefficient (Wildman–Crippen LogP) is 4.15. The molecule has 12 nitrogen and oxygen atoms in total. The van der Waals surface area contributed by atoms with Gasteiger partial charge in [0.25, 0.3) is 11.8 Å². The lowest BCUT2D eigenvalue weighted by Crippen LogP contribution is -2.38. The summed E-state index contributed by atoms with van der Waals surface area (Å²) < 4.78 is 28.6. The van der Waals surface area contributed by atoms with E-state index in [1.165, 1.54) is 6.92 Å². The largest absolute Gasteiger partial charge is 0.462 e. The van der Waals surface area contributed by atoms with Gasteiger partial charge in [0.05, 0.1) is 12.2 Å². The van der Waals surface area contributed by atoms with Crippen molar-refractivity contribution < 1.29 is 47.7 Å². The van der Waals surface area contributed by atoms with E-state index in [4.69, 9.17) is 23.7 Å². The second-order valence-corrected chi connectivity index (χ2v) is 10.8. The van der Waals surface area contributed by atoms with E-state index in [0.717, 1.165) is 37.4 Å². The molecule has 3 aliphatic rings. The van der Waals surface area contributed by atoms with E-state index in [1.807, 2.05) is 0 Å². The topological polar surface area (TPSA) is 167 Å². The van der Waals surface area contributed by atoms with Crippen LogP contribution in [-0.4, -0.2) is 36.3 Å². The molecule has 1 N–H and O–H groups in total. The molecule has 218 valence electrons. The van der Waals surface area contributed by atoms with Gasteiger partial charge in [-0.15, -0.1) is 0 Å². The van der Waals surface area contributed by atoms with Crippen molar-refractivity contribution in [2.75, 3.05) is 6.61 Å². The molecule has 5 rings (SSSR count). The van der Waals surface area contributed by atoms with Crippen molar-refractivity contribution in [2.45, 2.75) is 37.5 Å². The summed E-state index contributed by atoms with van der Waals surface area (Å²) in [6.07, 6.45) is 0. The van der Waals surface area contributed by atoms with Crippen LogP contribution in [0.2, 0.25) is 0 Å². The van der Waals surface area contributed by atoms with Crippen LogP contribution in [0.1, 0.15) is 33.3 Å². The molecule has 0 unspecified atom stereocenters. The van der Waals surface area contributed by atoms with Gasteiger partial charge < -0.3 is 23.7 Å². The van der Waals surface area contributed by atoms with Gasteiger partial charge in [0.15, 0.2) is 33.2 Å². The Labute approximate surface area is 252 Å². The van der Waals surface area contributed by atoms with E-state index in [9.17, 15) is 29.2 Å². The van der Waals surface area contributed by atoms with Gasteiger partial charge in [-0.3, -0.25) is 24.5 Å². The van der Waals surface area contributed by atoms with Crippen LogP contribution in [0.25, 0.3) is 5.57 Å². The van der Waals surface area contributed by atoms with Crippen LogP contribution in [-0.2, 0) is 28.7 Å². The van der Waals surface area contributed by atoms with Gasteiger partial charge in [-0.1, -0.05) is 30.3 Å². The van der Waals surface area contributed by atoms with E-state index >= 15 is 0 Å². The highest BCUT2D eigenvalue weighted by Gasteiger charge is 2.43. The first-order valence-corrected chi connectivity index (χ1v) is 14.2. The molecule has 0 atom stereocenters. The van der Waals surface area contributed by atoms with Crippen LogP contribution in [0.3, 0.4) is 0 Å². The van der Waals surface area contributed by atoms with Crippen molar-refractivity contribution in [3.63, 3.8) is 0 Å². The highest BCUT2D eigenvalue weighted by atomic mass is 32.2. The molecule has 0 fully saturated rings. The number of carbonyl (C=O) groups excluding carboxylic acids is 5. The zero-order chi connectivity index (χ0) is 31.0. The minimum Gasteiger partial charge on any atom is -0.462 e. The van der Waals surface area contributed by atoms with Crippen LogP contribution in [0.5, 0.6) is 23.0 Å². The Morgan fingerprint density at radius 3 is 2.12 bits per heavy atom. The van der Waals surface area contributed by atoms with Crippen LogP contribution in [0, 0.1) is 11.3 Å². The summed E-state index contributed by atoms with van der Waals surface area (Å²) in [5, 5.41) is 11.6. The second kappa shape index (κ2) is 11.7. The Hall–Kier alpha value is -5.00. The molecule has 0 aliphatic carbocycles. The minimum absolute atomic E-state index is 0.0430. The molecule has 2 amide bonds. The third-order valence-corrected chi connectivity index (χ3v) is 8.10. The number of nitrogens with zero attached hydrogens (tertiary/aromatic N) is 1. The van der Waals surface area contributed by atoms with Gasteiger partial charge in [0.1, 0.15) is 27.0 Å². The molecule has 0 saturated heterocycles. The number of rotatable bonds is 5. The second-order valence-electron chi connectivity index (χ2n) is 8.88. The fourth-order valence-electron chi connectivity index (χ4n) is 4.28. The summed E-state index contributed by atoms with van der Waals surface area (Å²) in [4.78, 5) is 62.8. The zero-order valence-electron chi connectivity index (χ0n) is 22.9. The maximum atomic E-state index is 13.1. The Morgan fingerprint density at radius 2 is 1.53 bits per heavy atom. The van der Waals surface area contributed by atoms with Gasteiger partial charge >= 0.3 is 17.9 Å². The maximum Gasteiger partial charge on any atom is 0.343 e. The molecular weight excluding hydrogens is 600 g/mol. The minimum atomic E-state index is -0.852. The molecule has 0 radical (unpaired) electrons. The first-order valence-electron chi connectivity index (χ1n) is 12.6. The number of ether oxygens (including phenoxy) is 5. The van der Waals surface area contributed by atoms with Crippen LogP contribution in [0.4, 0.5) is 0 Å². The highest BCUT2D eigenvalue weighted by molar-refractivity contribution is 8.04. The lowest BCUT2D eigenvalue weighted by molar-refractivity contribution is -0.136. The number of benzene rings is 2. The van der Waals surface area contributed by atoms with Gasteiger partial charge in [-0.05, 0) is 48.5 Å². The van der Waals surface area contributed by atoms with Gasteiger partial charge in [0, 0.05) is 13.8 Å². The number of esters is 3. The van der Waals surface area contributed by atoms with Gasteiger partial charge in [-0.2, -0.15) is 5.26 Å². The lowest BCUT2D eigenvalue weighted by atomic mass is 9.98. The molecule has 0 spiro atoms. The summed E-state index contributed by atoms with van der Waals surface area (Å²) in [6, 6.07) is 10.4. The Bertz CT molecular complexity index is 1730. The summed E-state index contributed by atoms with van der Waals surface area (Å²) >= 11 is 1.75. The van der Waals surface area contributed by atoms with E-state index in [2.05, 4.69) is 5.32 Å². The molecule has 0 saturated carbocycles. The van der Waals surface area contributed by atoms with Crippen molar-refractivity contribution in [3.05, 3.63) is 62.8 Å². The summed E-state index contributed by atoms with van der Waals surface area (Å²) in [5.41, 5.74) is 0.239. The van der Waals surface area contributed by atoms with Crippen LogP contribution < -0.4 is 24.3 Å². The molecule has 3 aliphatic heterocycles. The predicted molar refractivity (Wildman–Crippen MR) is 151 cm³/mol. The number of hydrogen-bond donors (Lipinski definition) is 1. The third-order valence-electron chi connectivity index (χ3n) is 6.00. The standard InChI is InChI=1S/C29H20N2O10S2/c1-5-37-27(36)18(15-9-7-6-8-10-15)29-41-22-20(39-14(4)33)23-21(19(24(22)43-29)38-13(3)32)40-28(42-23)17-12(2)16(11-30)25(34)31-26(17)35/h6-10H,5H2,1-4H3,(H,31,34,35)/b28-17-,29-18-. The van der Waals surface area contributed by atoms with E-state index < -0.39 is 29.7 Å². The SMILES string of the molecule is CCOC(=O)/C(=C1/Oc2c(OC(C)=O)c3c(c(OC(C)=O)c2S1)O/C(=C1/C(=O)NC(=O)C(C#N)=C1C)S3)c1ccccc1. The van der Waals surface area contributed by atoms with Gasteiger partial charge in [-0.25, -0.2) is 4.79 Å². The monoisotopic (exact) mass is 620 g/mol. The summed E-state index contributed by atoms with van der Waals surface area (Å²) in [6.45, 7) is 5.50. The third kappa shape index (κ3) is 5.36. The van der Waals surface area contributed by atoms with Crippen molar-refractivity contribution in [1.29, 1.82) is 5.26 Å². The van der Waals surface area contributed by atoms with Crippen molar-refractivity contribution in [2.24, 2.45) is 0 Å². The number of amides is 2. The quantitative estimate of drug-likeness (QED) is 0.219. The van der Waals surface area contributed by atoms with Gasteiger partial charge in [0.2, 0.25) is 0 Å². The van der Waals surface area contributed by atoms with Crippen LogP contribution in [0.15, 0.2) is 67.0 Å². The maximum absolute atomic E-state index is 13.1. The van der Waals surface area contributed by atoms with E-state index in [-0.39, 0.29) is 71.9 Å². The number of imide groups is 1. The summed E-state index contributed by atoms with van der Waals surface area (Å²) in [5.74, 6) is -4.16. The first kappa shape index (κ1) is 29.5. The molecule has 2 aromatic rings. The van der Waals surface area contributed by atoms with Crippen molar-refractivity contribution in [3.8, 4) is 29.1 Å². The smallest absolute Gasteiger partial charge is 0.343 e. The zero-order valence-corrected chi connectivity index (χ0v) is 24.6. The van der Waals surface area contributed by atoms with Crippen LogP contribution >= 0.6 is 23.5 Å². The molecule has 43 heavy (non-hydrogen) atoms. The average molecular weight is 621 g/mol. The fraction of sp³-hybridized carbons (Fsp3) is 0.172. The summed E-state index contributed by atoms with van der Waals surface area (Å²) in [7, 11) is 0. The number of fused-ring (bicyclic) bond motifs is 2. The molecule has 0 aromatic heterocycles. The Balaban J connectivity index is 1.74. The number of nitriles is 1. The number of carbonyl (C=O) groups is 5. The fourth-order valence-corrected chi connectivity index (χ4v) is 6.46. The number of nitrogens with one attached hydrogen (secondary N) is 1. The average Bonchev–Trinajstić information content (AvgIpc) is 3.57. The lowest BCUT2D eigenvalue weighted by Gasteiger charge is -2.17. The molecule has 0 bridgehead atoms. The van der Waals surface area contributed by atoms with E-state index in [1.54, 1.807) is 43.3 Å². The van der Waals surface area contributed by atoms with Crippen molar-refractivity contribution >= 4 is 58.8 Å².